The number of carbonyl (C=O) groups excluding carboxylic acids is 1. The van der Waals surface area contributed by atoms with Crippen molar-refractivity contribution in [2.45, 2.75) is 103 Å². The van der Waals surface area contributed by atoms with E-state index in [1.807, 2.05) is 57.2 Å². The summed E-state index contributed by atoms with van der Waals surface area (Å²) in [5, 5.41) is 0. The van der Waals surface area contributed by atoms with Crippen LogP contribution in [0.3, 0.4) is 0 Å². The predicted octanol–water partition coefficient (Wildman–Crippen LogP) is 8.17. The standard InChI is InChI=1S/C36H48F2N2O4Si/c1-36(2,3)43-35(41)40-31(18-19-33(40)42-4)34(44-45(5,6)7)32(22-28-20-29(37)23-30(38)21-28)39(24-26-14-10-8-11-15-26)25-27-16-12-9-13-17-27/h8-17,20-21,23,31-34H,18-19,22,24-25H2,1-7H3/t31-,32-,33?,34+/m0/s1. The number of methoxy groups -OCH3 is 1. The van der Waals surface area contributed by atoms with Gasteiger partial charge in [-0.3, -0.25) is 9.80 Å². The van der Waals surface area contributed by atoms with Gasteiger partial charge >= 0.3 is 6.09 Å². The van der Waals surface area contributed by atoms with Gasteiger partial charge in [-0.25, -0.2) is 13.6 Å². The van der Waals surface area contributed by atoms with Gasteiger partial charge < -0.3 is 13.9 Å². The molecule has 0 radical (unpaired) electrons. The maximum Gasteiger partial charge on any atom is 0.412 e. The fourth-order valence-electron chi connectivity index (χ4n) is 6.10. The van der Waals surface area contributed by atoms with Gasteiger partial charge in [0.2, 0.25) is 0 Å². The lowest BCUT2D eigenvalue weighted by Gasteiger charge is -2.45. The van der Waals surface area contributed by atoms with Gasteiger partial charge in [-0.05, 0) is 88.5 Å². The van der Waals surface area contributed by atoms with Crippen molar-refractivity contribution in [2.24, 2.45) is 0 Å². The third-order valence-corrected chi connectivity index (χ3v) is 8.77. The van der Waals surface area contributed by atoms with E-state index in [-0.39, 0.29) is 6.04 Å². The van der Waals surface area contributed by atoms with Crippen LogP contribution in [0.15, 0.2) is 78.9 Å². The van der Waals surface area contributed by atoms with Gasteiger partial charge in [0, 0.05) is 32.3 Å². The molecule has 4 rings (SSSR count). The van der Waals surface area contributed by atoms with Crippen LogP contribution in [0.4, 0.5) is 13.6 Å². The molecule has 0 N–H and O–H groups in total. The number of rotatable bonds is 12. The normalized spacial score (nSPS) is 18.7. The highest BCUT2D eigenvalue weighted by Gasteiger charge is 2.48. The summed E-state index contributed by atoms with van der Waals surface area (Å²) in [5.74, 6) is -1.25. The van der Waals surface area contributed by atoms with Crippen molar-refractivity contribution in [3.05, 3.63) is 107 Å². The van der Waals surface area contributed by atoms with Crippen LogP contribution in [0.5, 0.6) is 0 Å². The molecule has 1 saturated heterocycles. The quantitative estimate of drug-likeness (QED) is 0.187. The van der Waals surface area contributed by atoms with E-state index in [0.29, 0.717) is 37.9 Å². The first-order valence-electron chi connectivity index (χ1n) is 15.7. The molecule has 4 atom stereocenters. The average Bonchev–Trinajstić information content (AvgIpc) is 3.38. The Morgan fingerprint density at radius 2 is 1.42 bits per heavy atom. The number of nitrogens with zero attached hydrogens (tertiary/aromatic N) is 2. The summed E-state index contributed by atoms with van der Waals surface area (Å²) in [6.45, 7) is 13.0. The van der Waals surface area contributed by atoms with E-state index in [0.717, 1.165) is 17.2 Å². The van der Waals surface area contributed by atoms with Gasteiger partial charge in [0.1, 0.15) is 23.5 Å². The number of halogens is 2. The van der Waals surface area contributed by atoms with Gasteiger partial charge in [0.25, 0.3) is 0 Å². The monoisotopic (exact) mass is 638 g/mol. The SMILES string of the molecule is COC1CC[C@@H]([C@@H](O[Si](C)(C)C)[C@H](Cc2cc(F)cc(F)c2)N(Cc2ccccc2)Cc2ccccc2)N1C(=O)OC(C)(C)C. The molecule has 0 bridgehead atoms. The minimum atomic E-state index is -2.26. The van der Waals surface area contributed by atoms with Gasteiger partial charge in [-0.2, -0.15) is 0 Å². The number of ether oxygens (including phenoxy) is 2. The summed E-state index contributed by atoms with van der Waals surface area (Å²) >= 11 is 0. The van der Waals surface area contributed by atoms with E-state index < -0.39 is 50.0 Å². The van der Waals surface area contributed by atoms with Crippen molar-refractivity contribution >= 4 is 14.4 Å². The molecule has 9 heteroatoms. The molecule has 1 aliphatic rings. The maximum atomic E-state index is 14.6. The Kier molecular flexibility index (Phi) is 11.6. The zero-order chi connectivity index (χ0) is 32.8. The molecule has 1 unspecified atom stereocenters. The summed E-state index contributed by atoms with van der Waals surface area (Å²) < 4.78 is 48.0. The van der Waals surface area contributed by atoms with E-state index in [2.05, 4.69) is 48.8 Å². The molecule has 0 spiro atoms. The summed E-state index contributed by atoms with van der Waals surface area (Å²) in [5.41, 5.74) is 2.02. The number of hydrogen-bond donors (Lipinski definition) is 0. The van der Waals surface area contributed by atoms with E-state index >= 15 is 0 Å². The first kappa shape index (κ1) is 34.8. The van der Waals surface area contributed by atoms with E-state index in [1.165, 1.54) is 12.1 Å². The Morgan fingerprint density at radius 3 is 1.89 bits per heavy atom. The molecular formula is C36H48F2N2O4Si. The Hall–Kier alpha value is -3.11. The predicted molar refractivity (Wildman–Crippen MR) is 176 cm³/mol. The highest BCUT2D eigenvalue weighted by Crippen LogP contribution is 2.35. The zero-order valence-corrected chi connectivity index (χ0v) is 28.6. The molecule has 1 amide bonds. The number of hydrogen-bond acceptors (Lipinski definition) is 5. The van der Waals surface area contributed by atoms with Crippen molar-refractivity contribution < 1.29 is 27.5 Å². The molecule has 45 heavy (non-hydrogen) atoms. The van der Waals surface area contributed by atoms with Crippen molar-refractivity contribution in [1.82, 2.24) is 9.80 Å². The van der Waals surface area contributed by atoms with Crippen LogP contribution in [0, 0.1) is 11.6 Å². The Labute approximate surface area is 268 Å². The molecule has 0 saturated carbocycles. The lowest BCUT2D eigenvalue weighted by Crippen LogP contribution is -2.59. The molecular weight excluding hydrogens is 590 g/mol. The van der Waals surface area contributed by atoms with Crippen LogP contribution < -0.4 is 0 Å². The third-order valence-electron chi connectivity index (χ3n) is 7.79. The van der Waals surface area contributed by atoms with Crippen LogP contribution in [0.2, 0.25) is 19.6 Å². The third kappa shape index (κ3) is 10.2. The Bertz CT molecular complexity index is 1320. The molecule has 0 aliphatic carbocycles. The summed E-state index contributed by atoms with van der Waals surface area (Å²) in [4.78, 5) is 17.8. The summed E-state index contributed by atoms with van der Waals surface area (Å²) in [6, 6.07) is 23.2. The number of amides is 1. The lowest BCUT2D eigenvalue weighted by atomic mass is 9.92. The number of benzene rings is 3. The molecule has 1 aliphatic heterocycles. The van der Waals surface area contributed by atoms with E-state index in [9.17, 15) is 13.6 Å². The molecule has 3 aromatic carbocycles. The topological polar surface area (TPSA) is 51.2 Å². The highest BCUT2D eigenvalue weighted by atomic mass is 28.4. The number of carbonyl (C=O) groups is 1. The Morgan fingerprint density at radius 1 is 0.889 bits per heavy atom. The van der Waals surface area contributed by atoms with Gasteiger partial charge in [-0.1, -0.05) is 60.7 Å². The van der Waals surface area contributed by atoms with Crippen LogP contribution in [0.1, 0.15) is 50.3 Å². The number of likely N-dealkylation sites (tertiary alicyclic amines) is 1. The molecule has 3 aromatic rings. The average molecular weight is 639 g/mol. The van der Waals surface area contributed by atoms with Crippen molar-refractivity contribution in [1.29, 1.82) is 0 Å². The van der Waals surface area contributed by atoms with Gasteiger partial charge in [-0.15, -0.1) is 0 Å². The Balaban J connectivity index is 1.87. The first-order chi connectivity index (χ1) is 21.2. The maximum absolute atomic E-state index is 14.6. The fraction of sp³-hybridized carbons (Fsp3) is 0.472. The molecule has 1 fully saturated rings. The smallest absolute Gasteiger partial charge is 0.412 e. The van der Waals surface area contributed by atoms with E-state index in [1.54, 1.807) is 12.0 Å². The minimum Gasteiger partial charge on any atom is -0.444 e. The van der Waals surface area contributed by atoms with E-state index in [4.69, 9.17) is 13.9 Å². The molecule has 6 nitrogen and oxygen atoms in total. The molecule has 244 valence electrons. The summed E-state index contributed by atoms with van der Waals surface area (Å²) in [6.07, 6.45) is 0.0921. The van der Waals surface area contributed by atoms with Crippen LogP contribution in [0.25, 0.3) is 0 Å². The van der Waals surface area contributed by atoms with Crippen molar-refractivity contribution in [3.63, 3.8) is 0 Å². The minimum absolute atomic E-state index is 0.305. The van der Waals surface area contributed by atoms with Crippen molar-refractivity contribution in [2.75, 3.05) is 7.11 Å². The first-order valence-corrected chi connectivity index (χ1v) is 19.1. The van der Waals surface area contributed by atoms with Gasteiger partial charge in [0.05, 0.1) is 12.1 Å². The largest absolute Gasteiger partial charge is 0.444 e. The lowest BCUT2D eigenvalue weighted by molar-refractivity contribution is -0.0685. The van der Waals surface area contributed by atoms with Crippen molar-refractivity contribution in [3.8, 4) is 0 Å². The molecule has 0 aromatic heterocycles. The zero-order valence-electron chi connectivity index (χ0n) is 27.6. The second-order valence-electron chi connectivity index (χ2n) is 13.8. The fourth-order valence-corrected chi connectivity index (χ4v) is 7.23. The van der Waals surface area contributed by atoms with Crippen LogP contribution in [-0.2, 0) is 33.4 Å². The van der Waals surface area contributed by atoms with Crippen LogP contribution in [-0.4, -0.2) is 61.3 Å². The van der Waals surface area contributed by atoms with Gasteiger partial charge in [0.15, 0.2) is 8.32 Å². The highest BCUT2D eigenvalue weighted by molar-refractivity contribution is 6.69. The second-order valence-corrected chi connectivity index (χ2v) is 18.3. The molecule has 1 heterocycles. The second kappa shape index (κ2) is 15.0. The van der Waals surface area contributed by atoms with Crippen LogP contribution >= 0.6 is 0 Å². The summed E-state index contributed by atoms with van der Waals surface area (Å²) in [7, 11) is -0.657.